The predicted octanol–water partition coefficient (Wildman–Crippen LogP) is 1.39. The third-order valence-electron chi connectivity index (χ3n) is 3.83. The Hall–Kier alpha value is -2.38. The summed E-state index contributed by atoms with van der Waals surface area (Å²) in [5.41, 5.74) is 3.68. The number of anilines is 1. The SMILES string of the molecule is Cc1ccc(NC(=O)CNC(=O)c2n[nH]c3c2CNCC3)c(Cl)c1. The number of aromatic nitrogens is 2. The maximum atomic E-state index is 12.2. The number of amides is 2. The molecular weight excluding hydrogens is 330 g/mol. The summed E-state index contributed by atoms with van der Waals surface area (Å²) in [6.07, 6.45) is 0.808. The van der Waals surface area contributed by atoms with Gasteiger partial charge in [-0.2, -0.15) is 5.10 Å². The Labute approximate surface area is 144 Å². The highest BCUT2D eigenvalue weighted by atomic mass is 35.5. The molecule has 1 aliphatic rings. The van der Waals surface area contributed by atoms with Crippen LogP contribution < -0.4 is 16.0 Å². The van der Waals surface area contributed by atoms with E-state index in [2.05, 4.69) is 26.1 Å². The number of halogens is 1. The van der Waals surface area contributed by atoms with Crippen molar-refractivity contribution < 1.29 is 9.59 Å². The fourth-order valence-electron chi connectivity index (χ4n) is 2.57. The standard InChI is InChI=1S/C16H18ClN5O2/c1-9-2-3-13(11(17)6-9)20-14(23)8-19-16(24)15-10-7-18-5-4-12(10)21-22-15/h2-3,6,18H,4-5,7-8H2,1H3,(H,19,24)(H,20,23)(H,21,22). The Kier molecular flexibility index (Phi) is 4.82. The number of fused-ring (bicyclic) bond motifs is 1. The quantitative estimate of drug-likeness (QED) is 0.671. The van der Waals surface area contributed by atoms with E-state index < -0.39 is 0 Å². The Bertz CT molecular complexity index is 787. The van der Waals surface area contributed by atoms with E-state index in [1.54, 1.807) is 12.1 Å². The summed E-state index contributed by atoms with van der Waals surface area (Å²) in [6.45, 7) is 3.21. The van der Waals surface area contributed by atoms with E-state index in [9.17, 15) is 9.59 Å². The van der Waals surface area contributed by atoms with Crippen LogP contribution in [0.2, 0.25) is 5.02 Å². The van der Waals surface area contributed by atoms with E-state index >= 15 is 0 Å². The summed E-state index contributed by atoms with van der Waals surface area (Å²) >= 11 is 6.07. The lowest BCUT2D eigenvalue weighted by Crippen LogP contribution is -2.34. The molecule has 0 radical (unpaired) electrons. The number of nitrogens with zero attached hydrogens (tertiary/aromatic N) is 1. The first-order valence-corrected chi connectivity index (χ1v) is 8.03. The van der Waals surface area contributed by atoms with Gasteiger partial charge in [0.15, 0.2) is 5.69 Å². The van der Waals surface area contributed by atoms with Gasteiger partial charge in [-0.15, -0.1) is 0 Å². The zero-order valence-electron chi connectivity index (χ0n) is 13.2. The lowest BCUT2D eigenvalue weighted by molar-refractivity contribution is -0.115. The maximum Gasteiger partial charge on any atom is 0.272 e. The van der Waals surface area contributed by atoms with Crippen LogP contribution in [0.4, 0.5) is 5.69 Å². The minimum Gasteiger partial charge on any atom is -0.342 e. The Balaban J connectivity index is 1.58. The van der Waals surface area contributed by atoms with Crippen LogP contribution >= 0.6 is 11.6 Å². The van der Waals surface area contributed by atoms with Gasteiger partial charge < -0.3 is 16.0 Å². The number of hydrogen-bond donors (Lipinski definition) is 4. The molecule has 0 saturated heterocycles. The number of rotatable bonds is 4. The van der Waals surface area contributed by atoms with Crippen LogP contribution in [0.15, 0.2) is 18.2 Å². The van der Waals surface area contributed by atoms with E-state index in [1.165, 1.54) is 0 Å². The summed E-state index contributed by atoms with van der Waals surface area (Å²) in [4.78, 5) is 24.2. The summed E-state index contributed by atoms with van der Waals surface area (Å²) < 4.78 is 0. The third kappa shape index (κ3) is 3.58. The average Bonchev–Trinajstić information content (AvgIpc) is 2.99. The van der Waals surface area contributed by atoms with Gasteiger partial charge in [-0.1, -0.05) is 17.7 Å². The van der Waals surface area contributed by atoms with Crippen molar-refractivity contribution in [1.29, 1.82) is 0 Å². The summed E-state index contributed by atoms with van der Waals surface area (Å²) in [7, 11) is 0. The molecule has 0 fully saturated rings. The molecule has 0 saturated carbocycles. The summed E-state index contributed by atoms with van der Waals surface area (Å²) in [5.74, 6) is -0.724. The van der Waals surface area contributed by atoms with Gasteiger partial charge in [-0.3, -0.25) is 14.7 Å². The van der Waals surface area contributed by atoms with Gasteiger partial charge in [-0.05, 0) is 24.6 Å². The van der Waals surface area contributed by atoms with E-state index in [-0.39, 0.29) is 18.4 Å². The van der Waals surface area contributed by atoms with Crippen LogP contribution in [-0.4, -0.2) is 35.1 Å². The van der Waals surface area contributed by atoms with Crippen molar-refractivity contribution in [2.24, 2.45) is 0 Å². The molecule has 1 aliphatic heterocycles. The lowest BCUT2D eigenvalue weighted by atomic mass is 10.1. The van der Waals surface area contributed by atoms with Crippen molar-refractivity contribution in [2.45, 2.75) is 19.9 Å². The van der Waals surface area contributed by atoms with E-state index in [0.717, 1.165) is 29.8 Å². The fraction of sp³-hybridized carbons (Fsp3) is 0.312. The van der Waals surface area contributed by atoms with Gasteiger partial charge in [-0.25, -0.2) is 0 Å². The molecule has 3 rings (SSSR count). The number of aromatic amines is 1. The molecule has 0 unspecified atom stereocenters. The zero-order chi connectivity index (χ0) is 17.1. The van der Waals surface area contributed by atoms with Crippen molar-refractivity contribution in [1.82, 2.24) is 20.8 Å². The second-order valence-corrected chi connectivity index (χ2v) is 6.08. The molecule has 126 valence electrons. The number of carbonyl (C=O) groups excluding carboxylic acids is 2. The first kappa shape index (κ1) is 16.5. The highest BCUT2D eigenvalue weighted by molar-refractivity contribution is 6.33. The molecule has 1 aromatic carbocycles. The van der Waals surface area contributed by atoms with E-state index in [4.69, 9.17) is 11.6 Å². The number of hydrogen-bond acceptors (Lipinski definition) is 4. The predicted molar refractivity (Wildman–Crippen MR) is 91.2 cm³/mol. The highest BCUT2D eigenvalue weighted by Crippen LogP contribution is 2.22. The zero-order valence-corrected chi connectivity index (χ0v) is 14.0. The molecule has 24 heavy (non-hydrogen) atoms. The number of aryl methyl sites for hydroxylation is 1. The number of carbonyl (C=O) groups is 2. The van der Waals surface area contributed by atoms with Crippen LogP contribution in [0.25, 0.3) is 0 Å². The van der Waals surface area contributed by atoms with Crippen LogP contribution in [0.1, 0.15) is 27.3 Å². The average molecular weight is 348 g/mol. The van der Waals surface area contributed by atoms with Crippen LogP contribution in [0, 0.1) is 6.92 Å². The molecule has 0 bridgehead atoms. The van der Waals surface area contributed by atoms with E-state index in [1.807, 2.05) is 13.0 Å². The monoisotopic (exact) mass is 347 g/mol. The smallest absolute Gasteiger partial charge is 0.272 e. The van der Waals surface area contributed by atoms with Crippen molar-refractivity contribution >= 4 is 29.1 Å². The summed E-state index contributed by atoms with van der Waals surface area (Å²) in [5, 5.41) is 15.8. The molecule has 2 amide bonds. The second kappa shape index (κ2) is 7.02. The largest absolute Gasteiger partial charge is 0.342 e. The molecule has 0 atom stereocenters. The molecule has 8 heteroatoms. The van der Waals surface area contributed by atoms with E-state index in [0.29, 0.717) is 22.9 Å². The Morgan fingerprint density at radius 3 is 3.00 bits per heavy atom. The topological polar surface area (TPSA) is 98.9 Å². The molecule has 2 aromatic rings. The number of benzene rings is 1. The third-order valence-corrected chi connectivity index (χ3v) is 4.14. The van der Waals surface area contributed by atoms with Gasteiger partial charge in [0.25, 0.3) is 5.91 Å². The minimum absolute atomic E-state index is 0.155. The first-order valence-electron chi connectivity index (χ1n) is 7.65. The van der Waals surface area contributed by atoms with Gasteiger partial charge in [0, 0.05) is 30.8 Å². The van der Waals surface area contributed by atoms with Gasteiger partial charge in [0.1, 0.15) is 0 Å². The van der Waals surface area contributed by atoms with Crippen LogP contribution in [0.3, 0.4) is 0 Å². The van der Waals surface area contributed by atoms with Crippen LogP contribution in [0.5, 0.6) is 0 Å². The van der Waals surface area contributed by atoms with Crippen molar-refractivity contribution in [3.05, 3.63) is 45.7 Å². The van der Waals surface area contributed by atoms with Crippen LogP contribution in [-0.2, 0) is 17.8 Å². The minimum atomic E-state index is -0.374. The maximum absolute atomic E-state index is 12.2. The molecule has 0 aliphatic carbocycles. The van der Waals surface area contributed by atoms with Crippen molar-refractivity contribution in [3.8, 4) is 0 Å². The summed E-state index contributed by atoms with van der Waals surface area (Å²) in [6, 6.07) is 5.34. The molecule has 2 heterocycles. The van der Waals surface area contributed by atoms with Crippen molar-refractivity contribution in [2.75, 3.05) is 18.4 Å². The number of nitrogens with one attached hydrogen (secondary N) is 4. The van der Waals surface area contributed by atoms with Gasteiger partial charge in [0.2, 0.25) is 5.91 Å². The molecule has 0 spiro atoms. The fourth-order valence-corrected chi connectivity index (χ4v) is 2.86. The number of H-pyrrole nitrogens is 1. The van der Waals surface area contributed by atoms with Crippen molar-refractivity contribution in [3.63, 3.8) is 0 Å². The normalized spacial score (nSPS) is 13.2. The van der Waals surface area contributed by atoms with Gasteiger partial charge in [0.05, 0.1) is 17.3 Å². The van der Waals surface area contributed by atoms with Gasteiger partial charge >= 0.3 is 0 Å². The highest BCUT2D eigenvalue weighted by Gasteiger charge is 2.21. The Morgan fingerprint density at radius 1 is 1.38 bits per heavy atom. The first-order chi connectivity index (χ1) is 11.5. The lowest BCUT2D eigenvalue weighted by Gasteiger charge is -2.13. The molecular formula is C16H18ClN5O2. The molecule has 7 nitrogen and oxygen atoms in total. The molecule has 1 aromatic heterocycles. The molecule has 4 N–H and O–H groups in total. The second-order valence-electron chi connectivity index (χ2n) is 5.67. The Morgan fingerprint density at radius 2 is 2.21 bits per heavy atom.